The molecule has 0 saturated carbocycles. The van der Waals surface area contributed by atoms with Crippen molar-refractivity contribution in [1.82, 2.24) is 15.2 Å². The first-order chi connectivity index (χ1) is 12.5. The largest absolute Gasteiger partial charge is 0.383 e. The Bertz CT molecular complexity index is 704. The molecule has 1 heterocycles. The van der Waals surface area contributed by atoms with Gasteiger partial charge < -0.3 is 15.0 Å². The highest BCUT2D eigenvalue weighted by Crippen LogP contribution is 2.20. The van der Waals surface area contributed by atoms with Crippen molar-refractivity contribution in [3.05, 3.63) is 65.0 Å². The fourth-order valence-corrected chi connectivity index (χ4v) is 2.81. The maximum Gasteiger partial charge on any atom is 0.318 e. The van der Waals surface area contributed by atoms with Crippen LogP contribution in [0, 0.1) is 13.8 Å². The van der Waals surface area contributed by atoms with Gasteiger partial charge in [0.1, 0.15) is 0 Å². The van der Waals surface area contributed by atoms with E-state index in [4.69, 9.17) is 4.74 Å². The number of methoxy groups -OCH3 is 1. The molecule has 2 amide bonds. The third kappa shape index (κ3) is 5.56. The lowest BCUT2D eigenvalue weighted by molar-refractivity contribution is 0.144. The summed E-state index contributed by atoms with van der Waals surface area (Å²) in [5.74, 6) is 0. The summed E-state index contributed by atoms with van der Waals surface area (Å²) >= 11 is 0. The minimum Gasteiger partial charge on any atom is -0.383 e. The number of ether oxygens (including phenoxy) is 1. The van der Waals surface area contributed by atoms with Crippen molar-refractivity contribution in [2.45, 2.75) is 39.8 Å². The van der Waals surface area contributed by atoms with Crippen LogP contribution < -0.4 is 5.32 Å². The zero-order valence-corrected chi connectivity index (χ0v) is 16.2. The van der Waals surface area contributed by atoms with Crippen LogP contribution in [0.1, 0.15) is 41.6 Å². The van der Waals surface area contributed by atoms with E-state index in [1.807, 2.05) is 12.1 Å². The van der Waals surface area contributed by atoms with Crippen molar-refractivity contribution < 1.29 is 9.53 Å². The smallest absolute Gasteiger partial charge is 0.318 e. The molecule has 0 fully saturated rings. The van der Waals surface area contributed by atoms with Crippen LogP contribution >= 0.6 is 0 Å². The number of hydrogen-bond donors (Lipinski definition) is 1. The molecule has 1 aromatic heterocycles. The fraction of sp³-hybridized carbons (Fsp3) is 0.429. The number of nitrogens with zero attached hydrogens (tertiary/aromatic N) is 2. The molecular formula is C21H29N3O2. The van der Waals surface area contributed by atoms with Crippen LogP contribution in [0.25, 0.3) is 0 Å². The molecule has 140 valence electrons. The van der Waals surface area contributed by atoms with Crippen LogP contribution in [0.4, 0.5) is 4.79 Å². The Labute approximate surface area is 156 Å². The van der Waals surface area contributed by atoms with Gasteiger partial charge in [0.15, 0.2) is 0 Å². The van der Waals surface area contributed by atoms with Crippen LogP contribution in [-0.4, -0.2) is 36.2 Å². The monoisotopic (exact) mass is 355 g/mol. The van der Waals surface area contributed by atoms with Crippen LogP contribution in [0.3, 0.4) is 0 Å². The van der Waals surface area contributed by atoms with E-state index in [1.165, 1.54) is 11.1 Å². The first kappa shape index (κ1) is 19.9. The number of benzene rings is 1. The van der Waals surface area contributed by atoms with E-state index in [-0.39, 0.29) is 12.1 Å². The molecule has 0 aliphatic carbocycles. The van der Waals surface area contributed by atoms with E-state index in [0.29, 0.717) is 19.7 Å². The van der Waals surface area contributed by atoms with Gasteiger partial charge in [-0.25, -0.2) is 4.79 Å². The first-order valence-corrected chi connectivity index (χ1v) is 9.05. The molecule has 2 rings (SSSR count). The molecule has 0 aliphatic heterocycles. The molecule has 1 atom stereocenters. The highest BCUT2D eigenvalue weighted by atomic mass is 16.5. The van der Waals surface area contributed by atoms with Gasteiger partial charge in [0.2, 0.25) is 0 Å². The topological polar surface area (TPSA) is 54.5 Å². The van der Waals surface area contributed by atoms with Crippen molar-refractivity contribution in [2.75, 3.05) is 20.3 Å². The number of hydrogen-bond acceptors (Lipinski definition) is 3. The molecule has 1 aromatic carbocycles. The van der Waals surface area contributed by atoms with Crippen molar-refractivity contribution in [1.29, 1.82) is 0 Å². The quantitative estimate of drug-likeness (QED) is 0.778. The number of rotatable bonds is 8. The van der Waals surface area contributed by atoms with Gasteiger partial charge in [-0.1, -0.05) is 25.1 Å². The molecule has 0 aliphatic rings. The van der Waals surface area contributed by atoms with Crippen LogP contribution in [0.15, 0.2) is 42.7 Å². The summed E-state index contributed by atoms with van der Waals surface area (Å²) in [6, 6.07) is 10.1. The number of carbonyl (C=O) groups is 1. The average molecular weight is 355 g/mol. The standard InChI is InChI=1S/C21H29N3O2/c1-5-20(19-7-6-16(2)17(3)14-19)23-21(25)24(12-13-26-4)15-18-8-10-22-11-9-18/h6-11,14,20H,5,12-13,15H2,1-4H3,(H,23,25). The number of urea groups is 1. The third-order valence-corrected chi connectivity index (χ3v) is 4.61. The molecule has 5 nitrogen and oxygen atoms in total. The van der Waals surface area contributed by atoms with Gasteiger partial charge in [0.25, 0.3) is 0 Å². The predicted octanol–water partition coefficient (Wildman–Crippen LogP) is 4.01. The summed E-state index contributed by atoms with van der Waals surface area (Å²) in [5, 5.41) is 3.17. The van der Waals surface area contributed by atoms with E-state index < -0.39 is 0 Å². The molecule has 0 spiro atoms. The second kappa shape index (κ2) is 9.92. The van der Waals surface area contributed by atoms with Crippen molar-refractivity contribution >= 4 is 6.03 Å². The molecule has 2 aromatic rings. The highest BCUT2D eigenvalue weighted by molar-refractivity contribution is 5.74. The molecule has 1 unspecified atom stereocenters. The summed E-state index contributed by atoms with van der Waals surface area (Å²) in [4.78, 5) is 18.7. The summed E-state index contributed by atoms with van der Waals surface area (Å²) in [6.45, 7) is 7.85. The Hall–Kier alpha value is -2.40. The fourth-order valence-electron chi connectivity index (χ4n) is 2.81. The second-order valence-electron chi connectivity index (χ2n) is 6.52. The van der Waals surface area contributed by atoms with Gasteiger partial charge >= 0.3 is 6.03 Å². The Balaban J connectivity index is 2.11. The maximum absolute atomic E-state index is 12.9. The number of carbonyl (C=O) groups excluding carboxylic acids is 1. The zero-order valence-electron chi connectivity index (χ0n) is 16.2. The lowest BCUT2D eigenvalue weighted by atomic mass is 9.99. The first-order valence-electron chi connectivity index (χ1n) is 9.05. The van der Waals surface area contributed by atoms with E-state index in [2.05, 4.69) is 49.3 Å². The minimum atomic E-state index is -0.0797. The Morgan fingerprint density at radius 1 is 1.19 bits per heavy atom. The molecule has 0 radical (unpaired) electrons. The van der Waals surface area contributed by atoms with Crippen LogP contribution in [0.5, 0.6) is 0 Å². The zero-order chi connectivity index (χ0) is 18.9. The van der Waals surface area contributed by atoms with Crippen LogP contribution in [-0.2, 0) is 11.3 Å². The SMILES string of the molecule is CCC(NC(=O)N(CCOC)Cc1ccncc1)c1ccc(C)c(C)c1. The number of amides is 2. The average Bonchev–Trinajstić information content (AvgIpc) is 2.66. The lowest BCUT2D eigenvalue weighted by Crippen LogP contribution is -2.42. The number of aromatic nitrogens is 1. The van der Waals surface area contributed by atoms with Gasteiger partial charge in [-0.15, -0.1) is 0 Å². The van der Waals surface area contributed by atoms with Gasteiger partial charge in [0.05, 0.1) is 12.6 Å². The molecule has 0 bridgehead atoms. The summed E-state index contributed by atoms with van der Waals surface area (Å²) < 4.78 is 5.17. The van der Waals surface area contributed by atoms with E-state index >= 15 is 0 Å². The lowest BCUT2D eigenvalue weighted by Gasteiger charge is -2.26. The molecular weight excluding hydrogens is 326 g/mol. The Morgan fingerprint density at radius 2 is 1.92 bits per heavy atom. The van der Waals surface area contributed by atoms with E-state index in [1.54, 1.807) is 24.4 Å². The van der Waals surface area contributed by atoms with E-state index in [0.717, 1.165) is 17.5 Å². The molecule has 1 N–H and O–H groups in total. The number of aryl methyl sites for hydroxylation is 2. The molecule has 5 heteroatoms. The van der Waals surface area contributed by atoms with E-state index in [9.17, 15) is 4.79 Å². The summed E-state index contributed by atoms with van der Waals surface area (Å²) in [5.41, 5.74) is 4.68. The van der Waals surface area contributed by atoms with Crippen molar-refractivity contribution in [2.24, 2.45) is 0 Å². The van der Waals surface area contributed by atoms with Gasteiger partial charge in [0, 0.05) is 32.6 Å². The minimum absolute atomic E-state index is 0.00992. The van der Waals surface area contributed by atoms with Gasteiger partial charge in [-0.3, -0.25) is 4.98 Å². The van der Waals surface area contributed by atoms with Crippen molar-refractivity contribution in [3.63, 3.8) is 0 Å². The van der Waals surface area contributed by atoms with Crippen LogP contribution in [0.2, 0.25) is 0 Å². The van der Waals surface area contributed by atoms with Gasteiger partial charge in [-0.2, -0.15) is 0 Å². The number of pyridine rings is 1. The normalized spacial score (nSPS) is 11.8. The Morgan fingerprint density at radius 3 is 2.54 bits per heavy atom. The Kier molecular flexibility index (Phi) is 7.60. The summed E-state index contributed by atoms with van der Waals surface area (Å²) in [6.07, 6.45) is 4.32. The molecule has 0 saturated heterocycles. The number of nitrogens with one attached hydrogen (secondary N) is 1. The molecule has 26 heavy (non-hydrogen) atoms. The van der Waals surface area contributed by atoms with Crippen molar-refractivity contribution in [3.8, 4) is 0 Å². The predicted molar refractivity (Wildman–Crippen MR) is 104 cm³/mol. The highest BCUT2D eigenvalue weighted by Gasteiger charge is 2.19. The second-order valence-corrected chi connectivity index (χ2v) is 6.52. The third-order valence-electron chi connectivity index (χ3n) is 4.61. The maximum atomic E-state index is 12.9. The van der Waals surface area contributed by atoms with Gasteiger partial charge in [-0.05, 0) is 54.7 Å². The summed E-state index contributed by atoms with van der Waals surface area (Å²) in [7, 11) is 1.65.